The lowest BCUT2D eigenvalue weighted by molar-refractivity contribution is 0.0971. The van der Waals surface area contributed by atoms with E-state index in [0.717, 1.165) is 36.8 Å². The molecule has 0 aliphatic heterocycles. The molecule has 1 aliphatic carbocycles. The van der Waals surface area contributed by atoms with Crippen molar-refractivity contribution in [2.75, 3.05) is 4.90 Å². The molecule has 1 saturated carbocycles. The molecule has 3 aromatic rings. The Morgan fingerprint density at radius 2 is 1.59 bits per heavy atom. The van der Waals surface area contributed by atoms with Crippen LogP contribution in [0.4, 0.5) is 5.69 Å². The van der Waals surface area contributed by atoms with Gasteiger partial charge in [0.05, 0.1) is 10.6 Å². The molecule has 0 atom stereocenters. The fourth-order valence-corrected chi connectivity index (χ4v) is 4.44. The Morgan fingerprint density at radius 3 is 2.33 bits per heavy atom. The lowest BCUT2D eigenvalue weighted by Gasteiger charge is -2.35. The minimum atomic E-state index is -0.0566. The lowest BCUT2D eigenvalue weighted by atomic mass is 9.93. The average Bonchev–Trinajstić information content (AvgIpc) is 2.69. The summed E-state index contributed by atoms with van der Waals surface area (Å²) < 4.78 is 0. The van der Waals surface area contributed by atoms with Crippen molar-refractivity contribution in [3.8, 4) is 0 Å². The van der Waals surface area contributed by atoms with Gasteiger partial charge in [0.15, 0.2) is 0 Å². The maximum absolute atomic E-state index is 13.5. The lowest BCUT2D eigenvalue weighted by Crippen LogP contribution is -2.41. The van der Waals surface area contributed by atoms with Gasteiger partial charge in [-0.15, -0.1) is 0 Å². The number of hydrogen-bond acceptors (Lipinski definition) is 1. The fraction of sp³-hybridized carbons (Fsp3) is 0.261. The zero-order valence-corrected chi connectivity index (χ0v) is 16.5. The number of amides is 1. The van der Waals surface area contributed by atoms with Gasteiger partial charge in [0.1, 0.15) is 0 Å². The zero-order chi connectivity index (χ0) is 18.8. The van der Waals surface area contributed by atoms with Crippen molar-refractivity contribution in [3.05, 3.63) is 76.3 Å². The van der Waals surface area contributed by atoms with E-state index in [-0.39, 0.29) is 11.9 Å². The van der Waals surface area contributed by atoms with E-state index in [1.54, 1.807) is 18.2 Å². The van der Waals surface area contributed by atoms with E-state index in [4.69, 9.17) is 23.2 Å². The van der Waals surface area contributed by atoms with Crippen molar-refractivity contribution in [2.24, 2.45) is 0 Å². The summed E-state index contributed by atoms with van der Waals surface area (Å²) >= 11 is 12.4. The van der Waals surface area contributed by atoms with Crippen LogP contribution < -0.4 is 4.90 Å². The molecule has 0 unspecified atom stereocenters. The molecular weight excluding hydrogens is 377 g/mol. The highest BCUT2D eigenvalue weighted by Gasteiger charge is 2.29. The van der Waals surface area contributed by atoms with Crippen molar-refractivity contribution in [2.45, 2.75) is 38.1 Å². The Bertz CT molecular complexity index is 979. The van der Waals surface area contributed by atoms with E-state index >= 15 is 0 Å². The topological polar surface area (TPSA) is 20.3 Å². The molecule has 2 nitrogen and oxygen atoms in total. The van der Waals surface area contributed by atoms with E-state index in [1.165, 1.54) is 11.8 Å². The molecule has 0 heterocycles. The summed E-state index contributed by atoms with van der Waals surface area (Å²) in [7, 11) is 0. The Kier molecular flexibility index (Phi) is 5.38. The molecule has 1 amide bonds. The third-order valence-electron chi connectivity index (χ3n) is 5.33. The predicted molar refractivity (Wildman–Crippen MR) is 114 cm³/mol. The smallest absolute Gasteiger partial charge is 0.260 e. The molecule has 1 aliphatic rings. The van der Waals surface area contributed by atoms with Gasteiger partial charge < -0.3 is 4.90 Å². The molecular formula is C23H21Cl2NO. The van der Waals surface area contributed by atoms with Crippen LogP contribution >= 0.6 is 23.2 Å². The number of halogens is 2. The SMILES string of the molecule is O=C(c1ccc(Cl)cc1Cl)N(c1ccc2ccccc2c1)C1CCCCC1. The standard InChI is InChI=1S/C23H21Cl2NO/c24-18-11-13-21(22(25)15-18)23(27)26(19-8-2-1-3-9-19)20-12-10-16-6-4-5-7-17(16)14-20/h4-7,10-15,19H,1-3,8-9H2. The number of nitrogens with zero attached hydrogens (tertiary/aromatic N) is 1. The number of rotatable bonds is 3. The van der Waals surface area contributed by atoms with Crippen LogP contribution in [0.5, 0.6) is 0 Å². The second-order valence-electron chi connectivity index (χ2n) is 7.12. The molecule has 4 rings (SSSR count). The molecule has 1 fully saturated rings. The summed E-state index contributed by atoms with van der Waals surface area (Å²) in [5.74, 6) is -0.0566. The Morgan fingerprint density at radius 1 is 0.852 bits per heavy atom. The summed E-state index contributed by atoms with van der Waals surface area (Å²) in [4.78, 5) is 15.5. The molecule has 0 radical (unpaired) electrons. The third kappa shape index (κ3) is 3.83. The van der Waals surface area contributed by atoms with Gasteiger partial charge in [0.25, 0.3) is 5.91 Å². The molecule has 0 bridgehead atoms. The Hall–Kier alpha value is -2.03. The maximum Gasteiger partial charge on any atom is 0.260 e. The van der Waals surface area contributed by atoms with Gasteiger partial charge in [-0.1, -0.05) is 72.8 Å². The van der Waals surface area contributed by atoms with Gasteiger partial charge in [0, 0.05) is 16.8 Å². The normalized spacial score (nSPS) is 15.0. The van der Waals surface area contributed by atoms with Crippen LogP contribution in [-0.2, 0) is 0 Å². The molecule has 0 aromatic heterocycles. The molecule has 3 aromatic carbocycles. The highest BCUT2D eigenvalue weighted by molar-refractivity contribution is 6.37. The molecule has 4 heteroatoms. The Balaban J connectivity index is 1.79. The van der Waals surface area contributed by atoms with E-state index in [0.29, 0.717) is 15.6 Å². The van der Waals surface area contributed by atoms with E-state index in [2.05, 4.69) is 24.3 Å². The second kappa shape index (κ2) is 7.92. The minimum absolute atomic E-state index is 0.0566. The number of carbonyl (C=O) groups excluding carboxylic acids is 1. The summed E-state index contributed by atoms with van der Waals surface area (Å²) in [6.45, 7) is 0. The van der Waals surface area contributed by atoms with Gasteiger partial charge in [-0.25, -0.2) is 0 Å². The van der Waals surface area contributed by atoms with E-state index in [1.807, 2.05) is 23.1 Å². The van der Waals surface area contributed by atoms with Crippen LogP contribution in [0.1, 0.15) is 42.5 Å². The summed E-state index contributed by atoms with van der Waals surface area (Å²) in [6, 6.07) is 19.7. The first-order valence-corrected chi connectivity index (χ1v) is 10.2. The second-order valence-corrected chi connectivity index (χ2v) is 7.97. The monoisotopic (exact) mass is 397 g/mol. The average molecular weight is 398 g/mol. The molecule has 0 saturated heterocycles. The summed E-state index contributed by atoms with van der Waals surface area (Å²) in [5, 5.41) is 3.23. The van der Waals surface area contributed by atoms with E-state index < -0.39 is 0 Å². The van der Waals surface area contributed by atoms with Crippen LogP contribution in [0.3, 0.4) is 0 Å². The summed E-state index contributed by atoms with van der Waals surface area (Å²) in [5.41, 5.74) is 1.43. The Labute approximate surface area is 169 Å². The van der Waals surface area contributed by atoms with Crippen LogP contribution in [0.15, 0.2) is 60.7 Å². The van der Waals surface area contributed by atoms with Crippen LogP contribution in [-0.4, -0.2) is 11.9 Å². The first-order valence-electron chi connectivity index (χ1n) is 9.41. The van der Waals surface area contributed by atoms with Crippen molar-refractivity contribution in [1.82, 2.24) is 0 Å². The summed E-state index contributed by atoms with van der Waals surface area (Å²) in [6.07, 6.45) is 5.57. The third-order valence-corrected chi connectivity index (χ3v) is 5.88. The maximum atomic E-state index is 13.5. The molecule has 27 heavy (non-hydrogen) atoms. The first-order chi connectivity index (χ1) is 13.1. The highest BCUT2D eigenvalue weighted by atomic mass is 35.5. The predicted octanol–water partition coefficient (Wildman–Crippen LogP) is 7.13. The van der Waals surface area contributed by atoms with Crippen LogP contribution in [0.25, 0.3) is 10.8 Å². The van der Waals surface area contributed by atoms with Gasteiger partial charge >= 0.3 is 0 Å². The van der Waals surface area contributed by atoms with Crippen molar-refractivity contribution in [3.63, 3.8) is 0 Å². The van der Waals surface area contributed by atoms with Gasteiger partial charge in [-0.3, -0.25) is 4.79 Å². The molecule has 0 N–H and O–H groups in total. The minimum Gasteiger partial charge on any atom is -0.305 e. The van der Waals surface area contributed by atoms with E-state index in [9.17, 15) is 4.79 Å². The number of benzene rings is 3. The number of fused-ring (bicyclic) bond motifs is 1. The highest BCUT2D eigenvalue weighted by Crippen LogP contribution is 2.32. The van der Waals surface area contributed by atoms with Crippen molar-refractivity contribution in [1.29, 1.82) is 0 Å². The molecule has 138 valence electrons. The largest absolute Gasteiger partial charge is 0.305 e. The quantitative estimate of drug-likeness (QED) is 0.460. The van der Waals surface area contributed by atoms with Gasteiger partial charge in [-0.2, -0.15) is 0 Å². The van der Waals surface area contributed by atoms with Crippen LogP contribution in [0, 0.1) is 0 Å². The van der Waals surface area contributed by atoms with Crippen molar-refractivity contribution < 1.29 is 4.79 Å². The van der Waals surface area contributed by atoms with Gasteiger partial charge in [-0.05, 0) is 53.9 Å². The van der Waals surface area contributed by atoms with Crippen LogP contribution in [0.2, 0.25) is 10.0 Å². The molecule has 0 spiro atoms. The van der Waals surface area contributed by atoms with Crippen molar-refractivity contribution >= 4 is 45.6 Å². The number of anilines is 1. The van der Waals surface area contributed by atoms with Gasteiger partial charge in [0.2, 0.25) is 0 Å². The first kappa shape index (κ1) is 18.3. The zero-order valence-electron chi connectivity index (χ0n) is 15.0. The number of carbonyl (C=O) groups is 1. The fourth-order valence-electron chi connectivity index (χ4n) is 3.95. The number of hydrogen-bond donors (Lipinski definition) is 0.